The van der Waals surface area contributed by atoms with Crippen LogP contribution in [0.1, 0.15) is 10.6 Å². The van der Waals surface area contributed by atoms with Crippen molar-refractivity contribution in [2.24, 2.45) is 0 Å². The number of aliphatic hydroxyl groups excluding tert-OH is 2. The number of aliphatic hydroxyl groups is 2. The Morgan fingerprint density at radius 1 is 1.29 bits per heavy atom. The number of amides is 1. The van der Waals surface area contributed by atoms with Gasteiger partial charge in [-0.25, -0.2) is 4.98 Å². The molecule has 0 radical (unpaired) electrons. The second-order valence-electron chi connectivity index (χ2n) is 3.28. The highest BCUT2D eigenvalue weighted by molar-refractivity contribution is 5.90. The predicted octanol–water partition coefficient (Wildman–Crippen LogP) is -2.42. The van der Waals surface area contributed by atoms with Crippen molar-refractivity contribution in [2.75, 3.05) is 32.8 Å². The predicted molar refractivity (Wildman–Crippen MR) is 59.4 cm³/mol. The van der Waals surface area contributed by atoms with Gasteiger partial charge in [0.05, 0.1) is 19.8 Å². The van der Waals surface area contributed by atoms with E-state index in [0.29, 0.717) is 19.6 Å². The van der Waals surface area contributed by atoms with E-state index in [0.717, 1.165) is 0 Å². The van der Waals surface area contributed by atoms with E-state index in [1.54, 1.807) is 0 Å². The first kappa shape index (κ1) is 13.6. The molecule has 17 heavy (non-hydrogen) atoms. The summed E-state index contributed by atoms with van der Waals surface area (Å²) < 4.78 is 1.54. The van der Waals surface area contributed by atoms with Gasteiger partial charge in [0.1, 0.15) is 6.33 Å². The van der Waals surface area contributed by atoms with Crippen LogP contribution in [0.3, 0.4) is 0 Å². The van der Waals surface area contributed by atoms with Crippen molar-refractivity contribution in [3.05, 3.63) is 12.2 Å². The van der Waals surface area contributed by atoms with Crippen LogP contribution >= 0.6 is 0 Å². The lowest BCUT2D eigenvalue weighted by Crippen LogP contribution is -2.27. The first-order valence-corrected chi connectivity index (χ1v) is 5.38. The van der Waals surface area contributed by atoms with Gasteiger partial charge < -0.3 is 20.8 Å². The number of rotatable bonds is 8. The standard InChI is InChI=1S/C9H17N5O3/c15-5-2-10-1-4-14-7-12-8(13-14)9(17)11-3-6-16/h7,10,15-16H,1-6H2,(H,11,17). The second-order valence-corrected chi connectivity index (χ2v) is 3.28. The molecule has 8 nitrogen and oxygen atoms in total. The summed E-state index contributed by atoms with van der Waals surface area (Å²) in [6, 6.07) is 0. The molecule has 0 aliphatic heterocycles. The molecule has 0 fully saturated rings. The molecule has 0 aliphatic carbocycles. The van der Waals surface area contributed by atoms with Gasteiger partial charge >= 0.3 is 0 Å². The summed E-state index contributed by atoms with van der Waals surface area (Å²) in [7, 11) is 0. The average Bonchev–Trinajstić information content (AvgIpc) is 2.80. The molecule has 0 aliphatic rings. The number of nitrogens with one attached hydrogen (secondary N) is 2. The number of carbonyl (C=O) groups excluding carboxylic acids is 1. The van der Waals surface area contributed by atoms with Crippen LogP contribution in [-0.2, 0) is 6.54 Å². The van der Waals surface area contributed by atoms with Crippen molar-refractivity contribution in [1.29, 1.82) is 0 Å². The largest absolute Gasteiger partial charge is 0.395 e. The second kappa shape index (κ2) is 7.71. The third kappa shape index (κ3) is 4.89. The highest BCUT2D eigenvalue weighted by Crippen LogP contribution is 1.89. The lowest BCUT2D eigenvalue weighted by Gasteiger charge is -2.01. The zero-order valence-electron chi connectivity index (χ0n) is 9.46. The van der Waals surface area contributed by atoms with Gasteiger partial charge in [0.25, 0.3) is 5.91 Å². The topological polar surface area (TPSA) is 112 Å². The lowest BCUT2D eigenvalue weighted by molar-refractivity contribution is 0.0934. The first-order valence-electron chi connectivity index (χ1n) is 5.38. The van der Waals surface area contributed by atoms with Crippen LogP contribution in [0.4, 0.5) is 0 Å². The molecule has 4 N–H and O–H groups in total. The van der Waals surface area contributed by atoms with Gasteiger partial charge in [0.2, 0.25) is 5.82 Å². The third-order valence-electron chi connectivity index (χ3n) is 1.94. The van der Waals surface area contributed by atoms with E-state index in [4.69, 9.17) is 10.2 Å². The van der Waals surface area contributed by atoms with Crippen LogP contribution in [0.2, 0.25) is 0 Å². The molecule has 0 saturated carbocycles. The van der Waals surface area contributed by atoms with E-state index >= 15 is 0 Å². The number of hydrogen-bond acceptors (Lipinski definition) is 6. The summed E-state index contributed by atoms with van der Waals surface area (Å²) >= 11 is 0. The average molecular weight is 243 g/mol. The molecular formula is C9H17N5O3. The zero-order valence-corrected chi connectivity index (χ0v) is 9.46. The maximum absolute atomic E-state index is 11.4. The molecule has 1 heterocycles. The third-order valence-corrected chi connectivity index (χ3v) is 1.94. The fourth-order valence-electron chi connectivity index (χ4n) is 1.15. The van der Waals surface area contributed by atoms with Crippen molar-refractivity contribution >= 4 is 5.91 Å². The molecule has 1 aromatic heterocycles. The Hall–Kier alpha value is -1.51. The Kier molecular flexibility index (Phi) is 6.15. The van der Waals surface area contributed by atoms with Crippen LogP contribution in [0.15, 0.2) is 6.33 Å². The molecule has 0 spiro atoms. The van der Waals surface area contributed by atoms with Gasteiger partial charge in [-0.3, -0.25) is 9.48 Å². The Morgan fingerprint density at radius 2 is 2.06 bits per heavy atom. The highest BCUT2D eigenvalue weighted by atomic mass is 16.3. The van der Waals surface area contributed by atoms with Crippen LogP contribution in [-0.4, -0.2) is 63.7 Å². The molecular weight excluding hydrogens is 226 g/mol. The van der Waals surface area contributed by atoms with E-state index < -0.39 is 5.91 Å². The molecule has 0 unspecified atom stereocenters. The SMILES string of the molecule is O=C(NCCO)c1ncn(CCNCCO)n1. The Morgan fingerprint density at radius 3 is 2.76 bits per heavy atom. The van der Waals surface area contributed by atoms with Gasteiger partial charge in [0, 0.05) is 19.6 Å². The molecule has 96 valence electrons. The molecule has 0 aromatic carbocycles. The molecule has 8 heteroatoms. The molecule has 0 saturated heterocycles. The molecule has 0 atom stereocenters. The van der Waals surface area contributed by atoms with Crippen LogP contribution < -0.4 is 10.6 Å². The molecule has 1 aromatic rings. The minimum Gasteiger partial charge on any atom is -0.395 e. The van der Waals surface area contributed by atoms with E-state index in [-0.39, 0.29) is 25.6 Å². The van der Waals surface area contributed by atoms with E-state index in [2.05, 4.69) is 20.7 Å². The summed E-state index contributed by atoms with van der Waals surface area (Å²) in [6.07, 6.45) is 1.47. The summed E-state index contributed by atoms with van der Waals surface area (Å²) in [5, 5.41) is 26.5. The molecule has 1 rings (SSSR count). The minimum absolute atomic E-state index is 0.0839. The van der Waals surface area contributed by atoms with Crippen LogP contribution in [0.5, 0.6) is 0 Å². The molecule has 0 bridgehead atoms. The van der Waals surface area contributed by atoms with Crippen molar-refractivity contribution in [1.82, 2.24) is 25.4 Å². The number of nitrogens with zero attached hydrogens (tertiary/aromatic N) is 3. The van der Waals surface area contributed by atoms with E-state index in [9.17, 15) is 4.79 Å². The number of carbonyl (C=O) groups is 1. The smallest absolute Gasteiger partial charge is 0.291 e. The Labute approximate surface area is 98.7 Å². The Balaban J connectivity index is 2.34. The fraction of sp³-hybridized carbons (Fsp3) is 0.667. The van der Waals surface area contributed by atoms with Gasteiger partial charge in [-0.05, 0) is 0 Å². The van der Waals surface area contributed by atoms with E-state index in [1.807, 2.05) is 0 Å². The maximum Gasteiger partial charge on any atom is 0.291 e. The van der Waals surface area contributed by atoms with Gasteiger partial charge in [0.15, 0.2) is 0 Å². The fourth-order valence-corrected chi connectivity index (χ4v) is 1.15. The summed E-state index contributed by atoms with van der Waals surface area (Å²) in [5.74, 6) is -0.318. The number of hydrogen-bond donors (Lipinski definition) is 4. The maximum atomic E-state index is 11.4. The van der Waals surface area contributed by atoms with Crippen molar-refractivity contribution < 1.29 is 15.0 Å². The first-order chi connectivity index (χ1) is 8.27. The minimum atomic E-state index is -0.402. The monoisotopic (exact) mass is 243 g/mol. The summed E-state index contributed by atoms with van der Waals surface area (Å²) in [4.78, 5) is 15.2. The van der Waals surface area contributed by atoms with Gasteiger partial charge in [-0.2, -0.15) is 0 Å². The van der Waals surface area contributed by atoms with Gasteiger partial charge in [-0.1, -0.05) is 0 Å². The van der Waals surface area contributed by atoms with Crippen LogP contribution in [0.25, 0.3) is 0 Å². The molecule has 1 amide bonds. The van der Waals surface area contributed by atoms with Crippen LogP contribution in [0, 0.1) is 0 Å². The lowest BCUT2D eigenvalue weighted by atomic mass is 10.5. The zero-order chi connectivity index (χ0) is 12.5. The quantitative estimate of drug-likeness (QED) is 0.378. The van der Waals surface area contributed by atoms with Crippen molar-refractivity contribution in [2.45, 2.75) is 6.54 Å². The summed E-state index contributed by atoms with van der Waals surface area (Å²) in [5.41, 5.74) is 0. The normalized spacial score (nSPS) is 10.5. The van der Waals surface area contributed by atoms with Crippen molar-refractivity contribution in [3.8, 4) is 0 Å². The van der Waals surface area contributed by atoms with Crippen molar-refractivity contribution in [3.63, 3.8) is 0 Å². The number of aromatic nitrogens is 3. The Bertz CT molecular complexity index is 341. The summed E-state index contributed by atoms with van der Waals surface area (Å²) in [6.45, 7) is 1.90. The van der Waals surface area contributed by atoms with E-state index in [1.165, 1.54) is 11.0 Å². The highest BCUT2D eigenvalue weighted by Gasteiger charge is 2.09. The van der Waals surface area contributed by atoms with Gasteiger partial charge in [-0.15, -0.1) is 5.10 Å².